The van der Waals surface area contributed by atoms with Gasteiger partial charge >= 0.3 is 0 Å². The Morgan fingerprint density at radius 1 is 1.38 bits per heavy atom. The highest BCUT2D eigenvalue weighted by Crippen LogP contribution is 2.25. The maximum absolute atomic E-state index is 4.63. The van der Waals surface area contributed by atoms with Crippen molar-refractivity contribution in [1.82, 2.24) is 14.7 Å². The summed E-state index contributed by atoms with van der Waals surface area (Å²) in [5, 5.41) is 3.14. The Morgan fingerprint density at radius 2 is 2.25 bits per heavy atom. The predicted molar refractivity (Wildman–Crippen MR) is 68.2 cm³/mol. The minimum Gasteiger partial charge on any atom is -0.319 e. The molecule has 0 saturated heterocycles. The van der Waals surface area contributed by atoms with Crippen molar-refractivity contribution >= 4 is 26.5 Å². The van der Waals surface area contributed by atoms with Crippen LogP contribution in [-0.2, 0) is 6.42 Å². The zero-order valence-electron chi connectivity index (χ0n) is 9.10. The predicted octanol–water partition coefficient (Wildman–Crippen LogP) is 2.31. The molecular formula is C12H13N3S. The van der Waals surface area contributed by atoms with Crippen LogP contribution in [0.15, 0.2) is 30.5 Å². The lowest BCUT2D eigenvalue weighted by molar-refractivity contribution is 0.780. The fourth-order valence-electron chi connectivity index (χ4n) is 1.87. The van der Waals surface area contributed by atoms with Crippen LogP contribution in [0.3, 0.4) is 0 Å². The Kier molecular flexibility index (Phi) is 2.38. The van der Waals surface area contributed by atoms with Gasteiger partial charge < -0.3 is 5.32 Å². The molecule has 0 unspecified atom stereocenters. The van der Waals surface area contributed by atoms with Crippen molar-refractivity contribution in [3.05, 3.63) is 36.2 Å². The number of likely N-dealkylation sites (N-methyl/N-ethyl adjacent to an activating group) is 1. The summed E-state index contributed by atoms with van der Waals surface area (Å²) in [5.74, 6) is 0. The van der Waals surface area contributed by atoms with E-state index >= 15 is 0 Å². The largest absolute Gasteiger partial charge is 0.319 e. The molecule has 2 heterocycles. The number of thiazole rings is 1. The van der Waals surface area contributed by atoms with E-state index in [-0.39, 0.29) is 0 Å². The molecule has 3 nitrogen and oxygen atoms in total. The molecule has 4 heteroatoms. The minimum atomic E-state index is 0.975. The fraction of sp³-hybridized carbons (Fsp3) is 0.250. The van der Waals surface area contributed by atoms with E-state index in [2.05, 4.69) is 45.2 Å². The molecule has 1 N–H and O–H groups in total. The molecule has 1 aromatic carbocycles. The first-order chi connectivity index (χ1) is 7.88. The lowest BCUT2D eigenvalue weighted by Gasteiger charge is -1.93. The molecular weight excluding hydrogens is 218 g/mol. The van der Waals surface area contributed by atoms with Gasteiger partial charge in [0.1, 0.15) is 0 Å². The zero-order valence-corrected chi connectivity index (χ0v) is 9.92. The maximum atomic E-state index is 4.63. The first kappa shape index (κ1) is 9.81. The van der Waals surface area contributed by atoms with E-state index in [1.54, 1.807) is 11.3 Å². The highest BCUT2D eigenvalue weighted by molar-refractivity contribution is 7.23. The van der Waals surface area contributed by atoms with Crippen molar-refractivity contribution in [1.29, 1.82) is 0 Å². The van der Waals surface area contributed by atoms with Crippen molar-refractivity contribution < 1.29 is 0 Å². The van der Waals surface area contributed by atoms with Crippen LogP contribution in [0.2, 0.25) is 0 Å². The zero-order chi connectivity index (χ0) is 11.0. The molecule has 16 heavy (non-hydrogen) atoms. The SMILES string of the molecule is CNCCc1cn2c(n1)sc1ccccc12. The van der Waals surface area contributed by atoms with E-state index in [0.29, 0.717) is 0 Å². The maximum Gasteiger partial charge on any atom is 0.194 e. The number of rotatable bonds is 3. The number of nitrogens with zero attached hydrogens (tertiary/aromatic N) is 2. The fourth-order valence-corrected chi connectivity index (χ4v) is 2.90. The highest BCUT2D eigenvalue weighted by Gasteiger charge is 2.07. The van der Waals surface area contributed by atoms with Crippen LogP contribution in [0, 0.1) is 0 Å². The average Bonchev–Trinajstić information content (AvgIpc) is 2.83. The summed E-state index contributed by atoms with van der Waals surface area (Å²) in [7, 11) is 1.97. The lowest BCUT2D eigenvalue weighted by Crippen LogP contribution is -2.10. The number of hydrogen-bond acceptors (Lipinski definition) is 3. The van der Waals surface area contributed by atoms with Gasteiger partial charge in [-0.1, -0.05) is 23.5 Å². The van der Waals surface area contributed by atoms with Crippen molar-refractivity contribution in [2.45, 2.75) is 6.42 Å². The molecule has 0 bridgehead atoms. The van der Waals surface area contributed by atoms with Gasteiger partial charge in [-0.25, -0.2) is 4.98 Å². The normalized spacial score (nSPS) is 11.6. The molecule has 2 aromatic heterocycles. The first-order valence-corrected chi connectivity index (χ1v) is 6.20. The summed E-state index contributed by atoms with van der Waals surface area (Å²) in [6.07, 6.45) is 3.13. The molecule has 0 aliphatic rings. The van der Waals surface area contributed by atoms with Gasteiger partial charge in [-0.15, -0.1) is 0 Å². The summed E-state index contributed by atoms with van der Waals surface area (Å²) in [5.41, 5.74) is 2.41. The lowest BCUT2D eigenvalue weighted by atomic mass is 10.3. The number of aromatic nitrogens is 2. The molecule has 0 radical (unpaired) electrons. The van der Waals surface area contributed by atoms with E-state index < -0.39 is 0 Å². The number of fused-ring (bicyclic) bond motifs is 3. The summed E-state index contributed by atoms with van der Waals surface area (Å²) >= 11 is 1.75. The molecule has 0 amide bonds. The number of hydrogen-bond donors (Lipinski definition) is 1. The average molecular weight is 231 g/mol. The van der Waals surface area contributed by atoms with Gasteiger partial charge in [0.15, 0.2) is 4.96 Å². The van der Waals surface area contributed by atoms with Crippen LogP contribution < -0.4 is 5.32 Å². The molecule has 3 aromatic rings. The highest BCUT2D eigenvalue weighted by atomic mass is 32.1. The van der Waals surface area contributed by atoms with Gasteiger partial charge in [-0.2, -0.15) is 0 Å². The van der Waals surface area contributed by atoms with Gasteiger partial charge in [0.25, 0.3) is 0 Å². The summed E-state index contributed by atoms with van der Waals surface area (Å²) < 4.78 is 3.48. The van der Waals surface area contributed by atoms with Crippen LogP contribution >= 0.6 is 11.3 Å². The Balaban J connectivity index is 2.11. The van der Waals surface area contributed by atoms with Gasteiger partial charge in [-0.3, -0.25) is 4.40 Å². The Morgan fingerprint density at radius 3 is 3.12 bits per heavy atom. The first-order valence-electron chi connectivity index (χ1n) is 5.38. The Bertz CT molecular complexity index is 623. The molecule has 3 rings (SSSR count). The van der Waals surface area contributed by atoms with E-state index in [4.69, 9.17) is 0 Å². The Labute approximate surface area is 97.7 Å². The third-order valence-electron chi connectivity index (χ3n) is 2.68. The van der Waals surface area contributed by atoms with Gasteiger partial charge in [0.05, 0.1) is 15.9 Å². The topological polar surface area (TPSA) is 29.3 Å². The van der Waals surface area contributed by atoms with Crippen LogP contribution in [0.4, 0.5) is 0 Å². The quantitative estimate of drug-likeness (QED) is 0.749. The van der Waals surface area contributed by atoms with Crippen LogP contribution in [0.1, 0.15) is 5.69 Å². The molecule has 0 aliphatic carbocycles. The third-order valence-corrected chi connectivity index (χ3v) is 3.72. The minimum absolute atomic E-state index is 0.975. The second-order valence-electron chi connectivity index (χ2n) is 3.81. The van der Waals surface area contributed by atoms with Crippen molar-refractivity contribution in [2.24, 2.45) is 0 Å². The number of para-hydroxylation sites is 1. The van der Waals surface area contributed by atoms with Crippen molar-refractivity contribution in [3.8, 4) is 0 Å². The third kappa shape index (κ3) is 1.50. The molecule has 0 spiro atoms. The molecule has 0 saturated carbocycles. The van der Waals surface area contributed by atoms with E-state index in [9.17, 15) is 0 Å². The molecule has 0 fully saturated rings. The monoisotopic (exact) mass is 231 g/mol. The second kappa shape index (κ2) is 3.88. The number of benzene rings is 1. The van der Waals surface area contributed by atoms with Gasteiger partial charge in [0, 0.05) is 19.2 Å². The second-order valence-corrected chi connectivity index (χ2v) is 4.82. The van der Waals surface area contributed by atoms with Crippen molar-refractivity contribution in [2.75, 3.05) is 13.6 Å². The standard InChI is InChI=1S/C12H13N3S/c1-13-7-6-9-8-15-10-4-2-3-5-11(10)16-12(15)14-9/h2-5,8,13H,6-7H2,1H3. The van der Waals surface area contributed by atoms with Crippen LogP contribution in [0.25, 0.3) is 15.2 Å². The Hall–Kier alpha value is -1.39. The van der Waals surface area contributed by atoms with Crippen LogP contribution in [-0.4, -0.2) is 23.0 Å². The molecule has 0 atom stereocenters. The summed E-state index contributed by atoms with van der Waals surface area (Å²) in [4.78, 5) is 5.72. The van der Waals surface area contributed by atoms with Gasteiger partial charge in [0.2, 0.25) is 0 Å². The van der Waals surface area contributed by atoms with E-state index in [0.717, 1.165) is 23.6 Å². The summed E-state index contributed by atoms with van der Waals surface area (Å²) in [6.45, 7) is 0.975. The van der Waals surface area contributed by atoms with Crippen molar-refractivity contribution in [3.63, 3.8) is 0 Å². The van der Waals surface area contributed by atoms with E-state index in [1.165, 1.54) is 10.2 Å². The molecule has 82 valence electrons. The number of nitrogens with one attached hydrogen (secondary N) is 1. The number of imidazole rings is 1. The summed E-state index contributed by atoms with van der Waals surface area (Å²) in [6, 6.07) is 8.42. The van der Waals surface area contributed by atoms with Gasteiger partial charge in [-0.05, 0) is 19.2 Å². The van der Waals surface area contributed by atoms with Crippen LogP contribution in [0.5, 0.6) is 0 Å². The van der Waals surface area contributed by atoms with E-state index in [1.807, 2.05) is 7.05 Å². The smallest absolute Gasteiger partial charge is 0.194 e. The molecule has 0 aliphatic heterocycles.